The average Bonchev–Trinajstić information content (AvgIpc) is 3.31. The zero-order valence-corrected chi connectivity index (χ0v) is 17.5. The van der Waals surface area contributed by atoms with Crippen molar-refractivity contribution in [3.63, 3.8) is 0 Å². The molecular formula is C22H17N5O3S. The van der Waals surface area contributed by atoms with Crippen LogP contribution in [0.1, 0.15) is 10.6 Å². The van der Waals surface area contributed by atoms with Gasteiger partial charge in [-0.25, -0.2) is 14.2 Å². The monoisotopic (exact) mass is 431 g/mol. The molecule has 2 N–H and O–H groups in total. The van der Waals surface area contributed by atoms with E-state index in [0.29, 0.717) is 22.0 Å². The van der Waals surface area contributed by atoms with Gasteiger partial charge in [0.1, 0.15) is 10.6 Å². The van der Waals surface area contributed by atoms with Gasteiger partial charge in [0, 0.05) is 12.3 Å². The van der Waals surface area contributed by atoms with Gasteiger partial charge in [-0.1, -0.05) is 47.7 Å². The van der Waals surface area contributed by atoms with Crippen LogP contribution in [0.25, 0.3) is 16.9 Å². The van der Waals surface area contributed by atoms with E-state index in [1.54, 1.807) is 55.1 Å². The Morgan fingerprint density at radius 3 is 2.45 bits per heavy atom. The molecule has 0 saturated carbocycles. The fourth-order valence-corrected chi connectivity index (χ4v) is 4.79. The zero-order chi connectivity index (χ0) is 21.9. The van der Waals surface area contributed by atoms with Crippen molar-refractivity contribution in [3.8, 4) is 17.3 Å². The first kappa shape index (κ1) is 19.0. The smallest absolute Gasteiger partial charge is 0.296 e. The molecule has 0 aliphatic carbocycles. The molecule has 8 nitrogen and oxygen atoms in total. The van der Waals surface area contributed by atoms with Crippen LogP contribution in [0.4, 0.5) is 0 Å². The SMILES string of the molecule is Cc1c(-n2c(O)c(C3=c4ccccc4=NC3=O)sc2=N)c(=O)n(-c2ccccc2)n1C. The molecule has 5 rings (SSSR count). The van der Waals surface area contributed by atoms with Gasteiger partial charge in [-0.15, -0.1) is 0 Å². The van der Waals surface area contributed by atoms with Crippen molar-refractivity contribution in [2.45, 2.75) is 6.92 Å². The van der Waals surface area contributed by atoms with Crippen LogP contribution in [0.3, 0.4) is 0 Å². The van der Waals surface area contributed by atoms with Crippen molar-refractivity contribution in [3.05, 3.63) is 90.9 Å². The predicted molar refractivity (Wildman–Crippen MR) is 115 cm³/mol. The minimum absolute atomic E-state index is 0.0665. The number of amides is 1. The molecule has 0 spiro atoms. The van der Waals surface area contributed by atoms with Crippen LogP contribution >= 0.6 is 11.3 Å². The third kappa shape index (κ3) is 2.67. The summed E-state index contributed by atoms with van der Waals surface area (Å²) in [6.45, 7) is 1.75. The molecule has 1 amide bonds. The summed E-state index contributed by atoms with van der Waals surface area (Å²) < 4.78 is 4.35. The number of fused-ring (bicyclic) bond motifs is 1. The van der Waals surface area contributed by atoms with Crippen molar-refractivity contribution < 1.29 is 9.90 Å². The van der Waals surface area contributed by atoms with Gasteiger partial charge in [0.2, 0.25) is 5.88 Å². The Labute approximate surface area is 179 Å². The molecule has 154 valence electrons. The molecular weight excluding hydrogens is 414 g/mol. The maximum absolute atomic E-state index is 13.3. The lowest BCUT2D eigenvalue weighted by Crippen LogP contribution is -2.24. The van der Waals surface area contributed by atoms with E-state index in [1.807, 2.05) is 18.2 Å². The summed E-state index contributed by atoms with van der Waals surface area (Å²) >= 11 is 0.933. The van der Waals surface area contributed by atoms with Crippen molar-refractivity contribution >= 4 is 22.8 Å². The number of carbonyl (C=O) groups excluding carboxylic acids is 1. The predicted octanol–water partition coefficient (Wildman–Crippen LogP) is 0.880. The maximum Gasteiger partial charge on any atom is 0.296 e. The first-order valence-corrected chi connectivity index (χ1v) is 10.3. The van der Waals surface area contributed by atoms with E-state index in [4.69, 9.17) is 5.41 Å². The quantitative estimate of drug-likeness (QED) is 0.503. The van der Waals surface area contributed by atoms with Crippen LogP contribution in [-0.4, -0.2) is 24.9 Å². The summed E-state index contributed by atoms with van der Waals surface area (Å²) in [6, 6.07) is 16.2. The highest BCUT2D eigenvalue weighted by molar-refractivity contribution is 7.11. The number of nitrogens with zero attached hydrogens (tertiary/aromatic N) is 4. The van der Waals surface area contributed by atoms with Gasteiger partial charge in [-0.05, 0) is 25.1 Å². The zero-order valence-electron chi connectivity index (χ0n) is 16.7. The molecule has 0 bridgehead atoms. The highest BCUT2D eigenvalue weighted by Gasteiger charge is 2.28. The Kier molecular flexibility index (Phi) is 4.16. The van der Waals surface area contributed by atoms with Crippen molar-refractivity contribution in [2.75, 3.05) is 0 Å². The van der Waals surface area contributed by atoms with Crippen LogP contribution in [0.5, 0.6) is 5.88 Å². The molecule has 0 unspecified atom stereocenters. The summed E-state index contributed by atoms with van der Waals surface area (Å²) in [5.41, 5.74) is 1.26. The number of aromatic nitrogens is 3. The van der Waals surface area contributed by atoms with Gasteiger partial charge in [0.05, 0.1) is 22.3 Å². The number of nitrogens with one attached hydrogen (secondary N) is 1. The summed E-state index contributed by atoms with van der Waals surface area (Å²) in [6.07, 6.45) is 0. The van der Waals surface area contributed by atoms with Gasteiger partial charge >= 0.3 is 0 Å². The molecule has 1 aliphatic rings. The molecule has 31 heavy (non-hydrogen) atoms. The summed E-state index contributed by atoms with van der Waals surface area (Å²) in [4.78, 5) is 30.1. The number of thiazole rings is 1. The molecule has 3 heterocycles. The molecule has 0 radical (unpaired) electrons. The molecule has 2 aromatic heterocycles. The van der Waals surface area contributed by atoms with Crippen LogP contribution in [0.15, 0.2) is 64.4 Å². The standard InChI is InChI=1S/C22H17N5O3S/c1-12-17(20(29)27(25(12)2)13-8-4-3-5-9-13)26-21(30)18(31-22(26)23)16-14-10-6-7-11-15(14)24-19(16)28/h3-11,23,30H,1-2H3. The third-order valence-electron chi connectivity index (χ3n) is 5.40. The third-order valence-corrected chi connectivity index (χ3v) is 6.37. The lowest BCUT2D eigenvalue weighted by molar-refractivity contribution is -0.112. The minimum Gasteiger partial charge on any atom is -0.493 e. The first-order chi connectivity index (χ1) is 14.9. The molecule has 9 heteroatoms. The van der Waals surface area contributed by atoms with Gasteiger partial charge in [-0.3, -0.25) is 19.7 Å². The first-order valence-electron chi connectivity index (χ1n) is 9.46. The number of benzene rings is 2. The van der Waals surface area contributed by atoms with Crippen LogP contribution in [-0.2, 0) is 11.8 Å². The molecule has 4 aromatic rings. The van der Waals surface area contributed by atoms with E-state index in [0.717, 1.165) is 11.3 Å². The number of hydrogen-bond acceptors (Lipinski definition) is 5. The number of carbonyl (C=O) groups is 1. The van der Waals surface area contributed by atoms with Crippen molar-refractivity contribution in [2.24, 2.45) is 12.0 Å². The van der Waals surface area contributed by atoms with Gasteiger partial charge in [0.15, 0.2) is 4.80 Å². The summed E-state index contributed by atoms with van der Waals surface area (Å²) in [5.74, 6) is -0.798. The lowest BCUT2D eigenvalue weighted by atomic mass is 10.1. The fourth-order valence-electron chi connectivity index (χ4n) is 3.85. The largest absolute Gasteiger partial charge is 0.493 e. The second-order valence-corrected chi connectivity index (χ2v) is 8.11. The lowest BCUT2D eigenvalue weighted by Gasteiger charge is -2.07. The fraction of sp³-hybridized carbons (Fsp3) is 0.0909. The van der Waals surface area contributed by atoms with E-state index < -0.39 is 5.91 Å². The summed E-state index contributed by atoms with van der Waals surface area (Å²) in [7, 11) is 1.74. The van der Waals surface area contributed by atoms with Crippen molar-refractivity contribution in [1.29, 1.82) is 5.41 Å². The molecule has 0 saturated heterocycles. The Morgan fingerprint density at radius 1 is 1.03 bits per heavy atom. The Balaban J connectivity index is 1.79. The maximum atomic E-state index is 13.3. The topological polar surface area (TPSA) is 105 Å². The minimum atomic E-state index is -0.476. The van der Waals surface area contributed by atoms with E-state index in [2.05, 4.69) is 4.99 Å². The summed E-state index contributed by atoms with van der Waals surface area (Å²) in [5, 5.41) is 20.7. The molecule has 0 fully saturated rings. The highest BCUT2D eigenvalue weighted by Crippen LogP contribution is 2.30. The Morgan fingerprint density at radius 2 is 1.71 bits per heavy atom. The number of rotatable bonds is 3. The van der Waals surface area contributed by atoms with Crippen molar-refractivity contribution in [1.82, 2.24) is 13.9 Å². The van der Waals surface area contributed by atoms with Gasteiger partial charge in [-0.2, -0.15) is 0 Å². The van der Waals surface area contributed by atoms with E-state index in [-0.39, 0.29) is 32.4 Å². The second-order valence-electron chi connectivity index (χ2n) is 7.11. The van der Waals surface area contributed by atoms with Crippen LogP contribution in [0, 0.1) is 12.3 Å². The van der Waals surface area contributed by atoms with Gasteiger partial charge in [0.25, 0.3) is 11.5 Å². The van der Waals surface area contributed by atoms with E-state index in [9.17, 15) is 14.7 Å². The second kappa shape index (κ2) is 6.78. The molecule has 2 aromatic carbocycles. The number of hydrogen-bond donors (Lipinski definition) is 2. The number of para-hydroxylation sites is 2. The molecule has 0 atom stereocenters. The van der Waals surface area contributed by atoms with E-state index >= 15 is 0 Å². The normalized spacial score (nSPS) is 12.8. The molecule has 1 aliphatic heterocycles. The average molecular weight is 431 g/mol. The van der Waals surface area contributed by atoms with Crippen LogP contribution in [0.2, 0.25) is 0 Å². The van der Waals surface area contributed by atoms with Gasteiger partial charge < -0.3 is 5.11 Å². The van der Waals surface area contributed by atoms with Crippen LogP contribution < -0.4 is 20.9 Å². The number of aromatic hydroxyl groups is 1. The Hall–Kier alpha value is -3.98. The highest BCUT2D eigenvalue weighted by atomic mass is 32.1. The Bertz CT molecular complexity index is 1620. The van der Waals surface area contributed by atoms with E-state index in [1.165, 1.54) is 9.25 Å².